The van der Waals surface area contributed by atoms with Gasteiger partial charge in [-0.15, -0.1) is 0 Å². The molecular weight excluding hydrogens is 326 g/mol. The Morgan fingerprint density at radius 1 is 1.23 bits per heavy atom. The van der Waals surface area contributed by atoms with Crippen LogP contribution in [0, 0.1) is 17.2 Å². The third-order valence-corrected chi connectivity index (χ3v) is 5.55. The molecule has 1 amide bonds. The number of piperidine rings is 1. The summed E-state index contributed by atoms with van der Waals surface area (Å²) in [4.78, 5) is 16.2. The number of anilines is 1. The molecular formula is C20H23N5O. The SMILES string of the molecule is N#Cc1cc(-c2cn[nH]c2)ccc1N1CCC(CN2CCCC2=O)CC1. The lowest BCUT2D eigenvalue weighted by Gasteiger charge is -2.35. The van der Waals surface area contributed by atoms with E-state index in [1.165, 1.54) is 0 Å². The van der Waals surface area contributed by atoms with Crippen LogP contribution in [0.3, 0.4) is 0 Å². The van der Waals surface area contributed by atoms with Gasteiger partial charge in [0.1, 0.15) is 6.07 Å². The molecule has 0 aliphatic carbocycles. The molecule has 0 atom stereocenters. The summed E-state index contributed by atoms with van der Waals surface area (Å²) >= 11 is 0. The van der Waals surface area contributed by atoms with Crippen molar-refractivity contribution in [3.05, 3.63) is 36.2 Å². The molecule has 1 aromatic carbocycles. The first-order valence-electron chi connectivity index (χ1n) is 9.30. The molecule has 3 heterocycles. The highest BCUT2D eigenvalue weighted by Gasteiger charge is 2.27. The first-order chi connectivity index (χ1) is 12.7. The topological polar surface area (TPSA) is 76.0 Å². The monoisotopic (exact) mass is 349 g/mol. The molecule has 2 fully saturated rings. The molecule has 6 nitrogen and oxygen atoms in total. The Bertz CT molecular complexity index is 815. The molecule has 0 saturated carbocycles. The molecule has 2 saturated heterocycles. The number of aromatic amines is 1. The molecule has 26 heavy (non-hydrogen) atoms. The van der Waals surface area contributed by atoms with Crippen LogP contribution in [0.1, 0.15) is 31.2 Å². The lowest BCUT2D eigenvalue weighted by molar-refractivity contribution is -0.128. The van der Waals surface area contributed by atoms with Crippen molar-refractivity contribution >= 4 is 11.6 Å². The van der Waals surface area contributed by atoms with Gasteiger partial charge in [0.05, 0.1) is 17.4 Å². The molecule has 2 aromatic rings. The second-order valence-corrected chi connectivity index (χ2v) is 7.20. The normalized spacial score (nSPS) is 18.3. The van der Waals surface area contributed by atoms with Gasteiger partial charge in [-0.05, 0) is 42.9 Å². The first kappa shape index (κ1) is 16.6. The minimum absolute atomic E-state index is 0.314. The standard InChI is InChI=1S/C20H23N5O/c21-11-17-10-16(18-12-22-23-13-18)3-4-19(17)24-8-5-15(6-9-24)14-25-7-1-2-20(25)26/h3-4,10,12-13,15H,1-2,5-9,14H2,(H,22,23). The number of benzene rings is 1. The number of carbonyl (C=O) groups excluding carboxylic acids is 1. The fourth-order valence-electron chi connectivity index (χ4n) is 4.05. The van der Waals surface area contributed by atoms with Gasteiger partial charge in [-0.1, -0.05) is 6.07 Å². The van der Waals surface area contributed by atoms with E-state index in [2.05, 4.69) is 27.2 Å². The quantitative estimate of drug-likeness (QED) is 0.921. The van der Waals surface area contributed by atoms with Crippen LogP contribution in [0.5, 0.6) is 0 Å². The highest BCUT2D eigenvalue weighted by Crippen LogP contribution is 2.30. The fourth-order valence-corrected chi connectivity index (χ4v) is 4.05. The van der Waals surface area contributed by atoms with E-state index >= 15 is 0 Å². The van der Waals surface area contributed by atoms with Gasteiger partial charge in [0.2, 0.25) is 5.91 Å². The van der Waals surface area contributed by atoms with Gasteiger partial charge in [-0.25, -0.2) is 0 Å². The van der Waals surface area contributed by atoms with Gasteiger partial charge in [-0.2, -0.15) is 10.4 Å². The lowest BCUT2D eigenvalue weighted by atomic mass is 9.95. The van der Waals surface area contributed by atoms with Crippen molar-refractivity contribution in [2.45, 2.75) is 25.7 Å². The van der Waals surface area contributed by atoms with Crippen molar-refractivity contribution in [1.82, 2.24) is 15.1 Å². The van der Waals surface area contributed by atoms with Crippen LogP contribution in [0.15, 0.2) is 30.6 Å². The number of H-pyrrole nitrogens is 1. The number of hydrogen-bond acceptors (Lipinski definition) is 4. The molecule has 2 aliphatic heterocycles. The van der Waals surface area contributed by atoms with E-state index in [-0.39, 0.29) is 0 Å². The number of nitrogens with one attached hydrogen (secondary N) is 1. The Labute approximate surface area is 153 Å². The van der Waals surface area contributed by atoms with Gasteiger partial charge < -0.3 is 9.80 Å². The van der Waals surface area contributed by atoms with E-state index in [9.17, 15) is 10.1 Å². The van der Waals surface area contributed by atoms with Crippen LogP contribution in [0.25, 0.3) is 11.1 Å². The largest absolute Gasteiger partial charge is 0.370 e. The Kier molecular flexibility index (Phi) is 4.61. The maximum Gasteiger partial charge on any atom is 0.222 e. The third-order valence-electron chi connectivity index (χ3n) is 5.55. The second-order valence-electron chi connectivity index (χ2n) is 7.20. The van der Waals surface area contributed by atoms with Crippen molar-refractivity contribution in [2.24, 2.45) is 5.92 Å². The van der Waals surface area contributed by atoms with E-state index in [4.69, 9.17) is 0 Å². The van der Waals surface area contributed by atoms with Gasteiger partial charge in [0.25, 0.3) is 0 Å². The molecule has 2 aliphatic rings. The summed E-state index contributed by atoms with van der Waals surface area (Å²) in [6, 6.07) is 8.38. The zero-order valence-electron chi connectivity index (χ0n) is 14.8. The number of carbonyl (C=O) groups is 1. The smallest absolute Gasteiger partial charge is 0.222 e. The lowest BCUT2D eigenvalue weighted by Crippen LogP contribution is -2.39. The summed E-state index contributed by atoms with van der Waals surface area (Å²) in [6.07, 6.45) is 7.46. The van der Waals surface area contributed by atoms with Crippen molar-refractivity contribution in [2.75, 3.05) is 31.1 Å². The molecule has 134 valence electrons. The summed E-state index contributed by atoms with van der Waals surface area (Å²) in [5.74, 6) is 0.887. The highest BCUT2D eigenvalue weighted by molar-refractivity contribution is 5.78. The minimum atomic E-state index is 0.314. The van der Waals surface area contributed by atoms with Crippen LogP contribution in [0.4, 0.5) is 5.69 Å². The van der Waals surface area contributed by atoms with Crippen LogP contribution in [-0.2, 0) is 4.79 Å². The summed E-state index contributed by atoms with van der Waals surface area (Å²) in [5.41, 5.74) is 3.70. The Morgan fingerprint density at radius 2 is 2.08 bits per heavy atom. The zero-order chi connectivity index (χ0) is 17.9. The van der Waals surface area contributed by atoms with Crippen molar-refractivity contribution in [3.63, 3.8) is 0 Å². The van der Waals surface area contributed by atoms with Gasteiger partial charge >= 0.3 is 0 Å². The van der Waals surface area contributed by atoms with Crippen LogP contribution >= 0.6 is 0 Å². The Balaban J connectivity index is 1.42. The number of rotatable bonds is 4. The Hall–Kier alpha value is -2.81. The third kappa shape index (κ3) is 3.30. The van der Waals surface area contributed by atoms with E-state index < -0.39 is 0 Å². The van der Waals surface area contributed by atoms with Crippen molar-refractivity contribution in [1.29, 1.82) is 5.26 Å². The highest BCUT2D eigenvalue weighted by atomic mass is 16.2. The van der Waals surface area contributed by atoms with Crippen LogP contribution in [0.2, 0.25) is 0 Å². The number of nitriles is 1. The van der Waals surface area contributed by atoms with Crippen LogP contribution in [-0.4, -0.2) is 47.2 Å². The summed E-state index contributed by atoms with van der Waals surface area (Å²) in [5, 5.41) is 16.4. The summed E-state index contributed by atoms with van der Waals surface area (Å²) in [7, 11) is 0. The van der Waals surface area contributed by atoms with E-state index in [0.29, 0.717) is 23.8 Å². The summed E-state index contributed by atoms with van der Waals surface area (Å²) in [6.45, 7) is 3.70. The number of nitrogens with zero attached hydrogens (tertiary/aromatic N) is 4. The van der Waals surface area contributed by atoms with Crippen molar-refractivity contribution < 1.29 is 4.79 Å². The molecule has 1 N–H and O–H groups in total. The van der Waals surface area contributed by atoms with E-state index in [1.807, 2.05) is 23.2 Å². The predicted molar refractivity (Wildman–Crippen MR) is 99.5 cm³/mol. The van der Waals surface area contributed by atoms with E-state index in [1.54, 1.807) is 6.20 Å². The molecule has 0 radical (unpaired) electrons. The fraction of sp³-hybridized carbons (Fsp3) is 0.450. The molecule has 0 bridgehead atoms. The van der Waals surface area contributed by atoms with Crippen LogP contribution < -0.4 is 4.90 Å². The maximum atomic E-state index is 11.8. The second kappa shape index (κ2) is 7.20. The average molecular weight is 349 g/mol. The number of hydrogen-bond donors (Lipinski definition) is 1. The van der Waals surface area contributed by atoms with Gasteiger partial charge in [-0.3, -0.25) is 9.89 Å². The van der Waals surface area contributed by atoms with Gasteiger partial charge in [0.15, 0.2) is 0 Å². The summed E-state index contributed by atoms with van der Waals surface area (Å²) < 4.78 is 0. The van der Waals surface area contributed by atoms with E-state index in [0.717, 1.165) is 62.3 Å². The molecule has 0 unspecified atom stereocenters. The molecule has 6 heteroatoms. The zero-order valence-corrected chi connectivity index (χ0v) is 14.8. The number of likely N-dealkylation sites (tertiary alicyclic amines) is 1. The first-order valence-corrected chi connectivity index (χ1v) is 9.30. The predicted octanol–water partition coefficient (Wildman–Crippen LogP) is 2.79. The maximum absolute atomic E-state index is 11.8. The van der Waals surface area contributed by atoms with Gasteiger partial charge in [0, 0.05) is 44.4 Å². The average Bonchev–Trinajstić information content (AvgIpc) is 3.34. The number of aromatic nitrogens is 2. The molecule has 4 rings (SSSR count). The number of amides is 1. The van der Waals surface area contributed by atoms with Crippen molar-refractivity contribution in [3.8, 4) is 17.2 Å². The molecule has 0 spiro atoms. The Morgan fingerprint density at radius 3 is 2.73 bits per heavy atom. The minimum Gasteiger partial charge on any atom is -0.370 e. The molecule has 1 aromatic heterocycles.